The van der Waals surface area contributed by atoms with Crippen LogP contribution in [0.25, 0.3) is 0 Å². The molecule has 0 radical (unpaired) electrons. The summed E-state index contributed by atoms with van der Waals surface area (Å²) in [6.07, 6.45) is 3.13. The Morgan fingerprint density at radius 1 is 1.30 bits per heavy atom. The lowest BCUT2D eigenvalue weighted by atomic mass is 9.92. The zero-order valence-electron chi connectivity index (χ0n) is 11.9. The van der Waals surface area contributed by atoms with Crippen molar-refractivity contribution < 1.29 is 29.0 Å². The van der Waals surface area contributed by atoms with Gasteiger partial charge in [0.25, 0.3) is 0 Å². The van der Waals surface area contributed by atoms with Crippen molar-refractivity contribution in [1.29, 1.82) is 0 Å². The molecule has 1 rings (SSSR count). The lowest BCUT2D eigenvalue weighted by Gasteiger charge is -2.22. The number of aliphatic hydroxyl groups excluding tert-OH is 1. The van der Waals surface area contributed by atoms with E-state index < -0.39 is 17.5 Å². The molecule has 0 fully saturated rings. The van der Waals surface area contributed by atoms with Gasteiger partial charge in [-0.05, 0) is 19.3 Å². The smallest absolute Gasteiger partial charge is 0.354 e. The summed E-state index contributed by atoms with van der Waals surface area (Å²) < 4.78 is 9.27. The van der Waals surface area contributed by atoms with E-state index in [4.69, 9.17) is 14.7 Å². The molecule has 7 heteroatoms. The summed E-state index contributed by atoms with van der Waals surface area (Å²) in [5.74, 6) is -1.18. The van der Waals surface area contributed by atoms with Crippen molar-refractivity contribution in [3.05, 3.63) is 0 Å². The minimum absolute atomic E-state index is 0.164. The highest BCUT2D eigenvalue weighted by Crippen LogP contribution is 2.31. The number of hydrogen-bond donors (Lipinski definition) is 1. The molecule has 114 valence electrons. The fourth-order valence-corrected chi connectivity index (χ4v) is 2.07. The third-order valence-electron chi connectivity index (χ3n) is 3.18. The van der Waals surface area contributed by atoms with E-state index in [1.165, 1.54) is 14.2 Å². The Kier molecular flexibility index (Phi) is 6.44. The molecule has 0 saturated heterocycles. The average Bonchev–Trinajstić information content (AvgIpc) is 2.87. The maximum atomic E-state index is 11.8. The number of methoxy groups -OCH3 is 2. The summed E-state index contributed by atoms with van der Waals surface area (Å²) in [6.45, 7) is 0.164. The first-order valence-electron chi connectivity index (χ1n) is 6.58. The van der Waals surface area contributed by atoms with Crippen LogP contribution >= 0.6 is 0 Å². The van der Waals surface area contributed by atoms with Gasteiger partial charge < -0.3 is 19.4 Å². The van der Waals surface area contributed by atoms with Crippen LogP contribution in [0, 0.1) is 0 Å². The quantitative estimate of drug-likeness (QED) is 0.524. The molecule has 1 aliphatic heterocycles. The van der Waals surface area contributed by atoms with Crippen LogP contribution in [0.4, 0.5) is 0 Å². The molecule has 0 saturated carbocycles. The van der Waals surface area contributed by atoms with Gasteiger partial charge in [-0.3, -0.25) is 4.79 Å². The molecule has 20 heavy (non-hydrogen) atoms. The van der Waals surface area contributed by atoms with Gasteiger partial charge >= 0.3 is 11.9 Å². The first-order valence-corrected chi connectivity index (χ1v) is 6.58. The second-order valence-electron chi connectivity index (χ2n) is 4.70. The Morgan fingerprint density at radius 2 is 2.05 bits per heavy atom. The van der Waals surface area contributed by atoms with Gasteiger partial charge in [0.05, 0.1) is 26.4 Å². The molecule has 1 atom stereocenters. The van der Waals surface area contributed by atoms with Crippen LogP contribution in [0.3, 0.4) is 0 Å². The average molecular weight is 287 g/mol. The summed E-state index contributed by atoms with van der Waals surface area (Å²) in [5.41, 5.74) is -0.675. The highest BCUT2D eigenvalue weighted by atomic mass is 16.7. The summed E-state index contributed by atoms with van der Waals surface area (Å²) in [4.78, 5) is 28.5. The van der Waals surface area contributed by atoms with Crippen LogP contribution in [0.2, 0.25) is 0 Å². The van der Waals surface area contributed by atoms with Gasteiger partial charge in [0.15, 0.2) is 0 Å². The maximum absolute atomic E-state index is 11.8. The monoisotopic (exact) mass is 287 g/mol. The van der Waals surface area contributed by atoms with E-state index in [1.807, 2.05) is 0 Å². The van der Waals surface area contributed by atoms with Crippen molar-refractivity contribution in [2.45, 2.75) is 44.1 Å². The van der Waals surface area contributed by atoms with Crippen molar-refractivity contribution in [2.24, 2.45) is 5.16 Å². The van der Waals surface area contributed by atoms with Crippen molar-refractivity contribution in [3.8, 4) is 0 Å². The van der Waals surface area contributed by atoms with Gasteiger partial charge in [-0.25, -0.2) is 4.79 Å². The predicted molar refractivity (Wildman–Crippen MR) is 70.1 cm³/mol. The van der Waals surface area contributed by atoms with Crippen molar-refractivity contribution in [3.63, 3.8) is 0 Å². The van der Waals surface area contributed by atoms with Gasteiger partial charge in [0.1, 0.15) is 0 Å². The van der Waals surface area contributed by atoms with Gasteiger partial charge in [0, 0.05) is 13.0 Å². The SMILES string of the molecule is COC(=O)CC1(C(=O)OC)CC(CCCCCO)=NO1. The third kappa shape index (κ3) is 4.19. The third-order valence-corrected chi connectivity index (χ3v) is 3.18. The molecule has 1 aliphatic rings. The van der Waals surface area contributed by atoms with E-state index in [9.17, 15) is 9.59 Å². The minimum Gasteiger partial charge on any atom is -0.469 e. The first-order chi connectivity index (χ1) is 9.57. The van der Waals surface area contributed by atoms with Crippen molar-refractivity contribution >= 4 is 17.7 Å². The summed E-state index contributed by atoms with van der Waals surface area (Å²) in [6, 6.07) is 0. The van der Waals surface area contributed by atoms with Gasteiger partial charge in [-0.1, -0.05) is 11.6 Å². The first kappa shape index (κ1) is 16.4. The number of carbonyl (C=O) groups is 2. The number of unbranched alkanes of at least 4 members (excludes halogenated alkanes) is 2. The molecule has 0 aliphatic carbocycles. The van der Waals surface area contributed by atoms with Crippen LogP contribution in [0.1, 0.15) is 38.5 Å². The van der Waals surface area contributed by atoms with Gasteiger partial charge in [-0.2, -0.15) is 0 Å². The van der Waals surface area contributed by atoms with E-state index in [2.05, 4.69) is 9.89 Å². The Balaban J connectivity index is 2.58. The predicted octanol–water partition coefficient (Wildman–Crippen LogP) is 0.790. The molecule has 1 N–H and O–H groups in total. The van der Waals surface area contributed by atoms with Crippen LogP contribution in [-0.4, -0.2) is 49.2 Å². The summed E-state index contributed by atoms with van der Waals surface area (Å²) in [5, 5.41) is 12.6. The fourth-order valence-electron chi connectivity index (χ4n) is 2.07. The van der Waals surface area contributed by atoms with Gasteiger partial charge in [0.2, 0.25) is 5.60 Å². The number of esters is 2. The van der Waals surface area contributed by atoms with Crippen molar-refractivity contribution in [2.75, 3.05) is 20.8 Å². The Bertz CT molecular complexity index is 381. The second-order valence-corrected chi connectivity index (χ2v) is 4.70. The van der Waals surface area contributed by atoms with Crippen LogP contribution in [0.5, 0.6) is 0 Å². The lowest BCUT2D eigenvalue weighted by Crippen LogP contribution is -2.42. The number of nitrogens with zero attached hydrogens (tertiary/aromatic N) is 1. The zero-order valence-corrected chi connectivity index (χ0v) is 11.9. The molecular formula is C13H21NO6. The number of oxime groups is 1. The van der Waals surface area contributed by atoms with Crippen LogP contribution in [0.15, 0.2) is 5.16 Å². The van der Waals surface area contributed by atoms with Crippen molar-refractivity contribution in [1.82, 2.24) is 0 Å². The second kappa shape index (κ2) is 7.84. The number of hydrogen-bond acceptors (Lipinski definition) is 7. The highest BCUT2D eigenvalue weighted by molar-refractivity contribution is 5.96. The zero-order chi connectivity index (χ0) is 15.0. The standard InChI is InChI=1S/C13H21NO6/c1-18-11(16)9-13(12(17)19-2)8-10(14-20-13)6-4-3-5-7-15/h15H,3-9H2,1-2H3. The number of rotatable bonds is 8. The minimum atomic E-state index is -1.39. The van der Waals surface area contributed by atoms with Crippen LogP contribution in [-0.2, 0) is 23.9 Å². The Hall–Kier alpha value is -1.63. The van der Waals surface area contributed by atoms with Gasteiger partial charge in [-0.15, -0.1) is 0 Å². The molecule has 0 aromatic rings. The normalized spacial score (nSPS) is 21.1. The molecule has 1 heterocycles. The summed E-state index contributed by atoms with van der Waals surface area (Å²) in [7, 11) is 2.49. The van der Waals surface area contributed by atoms with Crippen LogP contribution < -0.4 is 0 Å². The topological polar surface area (TPSA) is 94.4 Å². The largest absolute Gasteiger partial charge is 0.469 e. The number of ether oxygens (including phenoxy) is 2. The highest BCUT2D eigenvalue weighted by Gasteiger charge is 2.49. The molecule has 1 unspecified atom stereocenters. The van der Waals surface area contributed by atoms with E-state index >= 15 is 0 Å². The molecule has 0 aromatic heterocycles. The molecule has 7 nitrogen and oxygen atoms in total. The Labute approximate surface area is 117 Å². The van der Waals surface area contributed by atoms with E-state index in [1.54, 1.807) is 0 Å². The summed E-state index contributed by atoms with van der Waals surface area (Å²) >= 11 is 0. The fraction of sp³-hybridized carbons (Fsp3) is 0.769. The number of carbonyl (C=O) groups excluding carboxylic acids is 2. The lowest BCUT2D eigenvalue weighted by molar-refractivity contribution is -0.173. The molecule has 0 amide bonds. The number of aliphatic hydroxyl groups is 1. The van der Waals surface area contributed by atoms with E-state index in [0.29, 0.717) is 6.42 Å². The molecular weight excluding hydrogens is 266 g/mol. The van der Waals surface area contributed by atoms with E-state index in [0.717, 1.165) is 25.0 Å². The molecule has 0 bridgehead atoms. The van der Waals surface area contributed by atoms with E-state index in [-0.39, 0.29) is 19.4 Å². The molecule has 0 spiro atoms. The maximum Gasteiger partial charge on any atom is 0.354 e. The Morgan fingerprint density at radius 3 is 2.65 bits per heavy atom. The molecule has 0 aromatic carbocycles.